The molecule has 0 aliphatic rings. The van der Waals surface area contributed by atoms with Crippen LogP contribution >= 0.6 is 11.6 Å². The first-order chi connectivity index (χ1) is 13.5. The molecule has 0 bridgehead atoms. The third-order valence-corrected chi connectivity index (χ3v) is 7.02. The number of hydrogen-bond acceptors (Lipinski definition) is 4. The zero-order valence-corrected chi connectivity index (χ0v) is 19.1. The van der Waals surface area contributed by atoms with E-state index in [0.29, 0.717) is 5.75 Å². The zero-order chi connectivity index (χ0) is 21.9. The summed E-state index contributed by atoms with van der Waals surface area (Å²) in [5, 5.41) is 3.06. The molecule has 158 valence electrons. The van der Waals surface area contributed by atoms with Crippen molar-refractivity contribution >= 4 is 27.5 Å². The second-order valence-electron chi connectivity index (χ2n) is 7.14. The van der Waals surface area contributed by atoms with E-state index in [0.717, 1.165) is 21.0 Å². The van der Waals surface area contributed by atoms with E-state index in [-0.39, 0.29) is 28.4 Å². The van der Waals surface area contributed by atoms with E-state index in [2.05, 4.69) is 17.4 Å². The molecule has 0 saturated heterocycles. The van der Waals surface area contributed by atoms with Gasteiger partial charge in [-0.2, -0.15) is 4.31 Å². The summed E-state index contributed by atoms with van der Waals surface area (Å²) in [6, 6.07) is 8.08. The zero-order valence-electron chi connectivity index (χ0n) is 17.5. The molecule has 8 heteroatoms. The van der Waals surface area contributed by atoms with E-state index < -0.39 is 10.0 Å². The maximum absolute atomic E-state index is 12.8. The van der Waals surface area contributed by atoms with E-state index in [4.69, 9.17) is 16.3 Å². The number of amides is 1. The number of carbonyl (C=O) groups is 1. The summed E-state index contributed by atoms with van der Waals surface area (Å²) in [4.78, 5) is 12.5. The molecule has 0 saturated carbocycles. The summed E-state index contributed by atoms with van der Waals surface area (Å²) in [7, 11) is -1.06. The summed E-state index contributed by atoms with van der Waals surface area (Å²) in [6.45, 7) is 7.63. The molecule has 29 heavy (non-hydrogen) atoms. The third kappa shape index (κ3) is 5.29. The first-order valence-electron chi connectivity index (χ1n) is 9.14. The summed E-state index contributed by atoms with van der Waals surface area (Å²) in [6.07, 6.45) is 0. The Balaban J connectivity index is 2.11. The largest absolute Gasteiger partial charge is 0.495 e. The number of benzene rings is 2. The Kier molecular flexibility index (Phi) is 7.32. The number of aryl methyl sites for hydroxylation is 3. The first kappa shape index (κ1) is 23.2. The predicted molar refractivity (Wildman–Crippen MR) is 115 cm³/mol. The number of rotatable bonds is 7. The molecule has 0 aliphatic carbocycles. The maximum atomic E-state index is 12.8. The Bertz CT molecular complexity index is 1020. The monoisotopic (exact) mass is 438 g/mol. The second kappa shape index (κ2) is 9.15. The number of ether oxygens (including phenoxy) is 1. The highest BCUT2D eigenvalue weighted by molar-refractivity contribution is 7.89. The standard InChI is InChI=1S/C21H27ClN2O4S/c1-13-9-15(3)18(10-14(13)2)16(4)23-21(25)12-24(5)29(26,27)17-7-8-20(28-6)19(22)11-17/h7-11,16H,12H2,1-6H3,(H,23,25)/t16-/m1/s1. The van der Waals surface area contributed by atoms with Crippen LogP contribution in [-0.4, -0.2) is 39.3 Å². The Labute approximate surface area is 177 Å². The van der Waals surface area contributed by atoms with Gasteiger partial charge in [0.25, 0.3) is 0 Å². The third-order valence-electron chi connectivity index (χ3n) is 4.92. The average molecular weight is 439 g/mol. The number of halogens is 1. The molecule has 1 atom stereocenters. The molecule has 0 heterocycles. The van der Waals surface area contributed by atoms with Gasteiger partial charge in [0.15, 0.2) is 0 Å². The van der Waals surface area contributed by atoms with Crippen LogP contribution in [-0.2, 0) is 14.8 Å². The van der Waals surface area contributed by atoms with Crippen molar-refractivity contribution in [2.24, 2.45) is 0 Å². The van der Waals surface area contributed by atoms with Crippen LogP contribution in [0.2, 0.25) is 5.02 Å². The Morgan fingerprint density at radius 2 is 1.76 bits per heavy atom. The molecular weight excluding hydrogens is 412 g/mol. The van der Waals surface area contributed by atoms with Crippen molar-refractivity contribution in [1.29, 1.82) is 0 Å². The molecule has 2 aromatic carbocycles. The minimum Gasteiger partial charge on any atom is -0.495 e. The molecule has 0 aliphatic heterocycles. The number of hydrogen-bond donors (Lipinski definition) is 1. The van der Waals surface area contributed by atoms with Gasteiger partial charge in [0.2, 0.25) is 15.9 Å². The summed E-state index contributed by atoms with van der Waals surface area (Å²) < 4.78 is 31.6. The number of likely N-dealkylation sites (N-methyl/N-ethyl adjacent to an activating group) is 1. The van der Waals surface area contributed by atoms with Crippen LogP contribution in [0.5, 0.6) is 5.75 Å². The van der Waals surface area contributed by atoms with Crippen molar-refractivity contribution in [3.63, 3.8) is 0 Å². The average Bonchev–Trinajstić information content (AvgIpc) is 2.64. The Hall–Kier alpha value is -2.09. The molecule has 2 rings (SSSR count). The van der Waals surface area contributed by atoms with Gasteiger partial charge in [-0.25, -0.2) is 8.42 Å². The highest BCUT2D eigenvalue weighted by Crippen LogP contribution is 2.28. The lowest BCUT2D eigenvalue weighted by atomic mass is 9.96. The number of sulfonamides is 1. The topological polar surface area (TPSA) is 75.7 Å². The fourth-order valence-electron chi connectivity index (χ4n) is 3.09. The molecule has 0 radical (unpaired) electrons. The van der Waals surface area contributed by atoms with E-state index in [1.807, 2.05) is 27.7 Å². The summed E-state index contributed by atoms with van der Waals surface area (Å²) in [5.41, 5.74) is 4.42. The van der Waals surface area contributed by atoms with Crippen molar-refractivity contribution in [3.8, 4) is 5.75 Å². The lowest BCUT2D eigenvalue weighted by Gasteiger charge is -2.21. The Morgan fingerprint density at radius 3 is 2.34 bits per heavy atom. The van der Waals surface area contributed by atoms with Crippen molar-refractivity contribution in [3.05, 3.63) is 57.6 Å². The van der Waals surface area contributed by atoms with Gasteiger partial charge in [0, 0.05) is 7.05 Å². The van der Waals surface area contributed by atoms with Crippen LogP contribution < -0.4 is 10.1 Å². The highest BCUT2D eigenvalue weighted by atomic mass is 35.5. The van der Waals surface area contributed by atoms with E-state index >= 15 is 0 Å². The minimum atomic E-state index is -3.87. The van der Waals surface area contributed by atoms with Crippen LogP contribution in [0.4, 0.5) is 0 Å². The van der Waals surface area contributed by atoms with Gasteiger partial charge in [-0.15, -0.1) is 0 Å². The van der Waals surface area contributed by atoms with Gasteiger partial charge in [-0.3, -0.25) is 4.79 Å². The molecule has 0 aromatic heterocycles. The van der Waals surface area contributed by atoms with E-state index in [9.17, 15) is 13.2 Å². The lowest BCUT2D eigenvalue weighted by molar-refractivity contribution is -0.121. The van der Waals surface area contributed by atoms with Crippen molar-refractivity contribution in [1.82, 2.24) is 9.62 Å². The normalized spacial score (nSPS) is 12.7. The van der Waals surface area contributed by atoms with Crippen LogP contribution in [0.3, 0.4) is 0 Å². The van der Waals surface area contributed by atoms with Crippen molar-refractivity contribution in [2.75, 3.05) is 20.7 Å². The summed E-state index contributed by atoms with van der Waals surface area (Å²) in [5.74, 6) is -0.00981. The maximum Gasteiger partial charge on any atom is 0.243 e. The number of nitrogens with zero attached hydrogens (tertiary/aromatic N) is 1. The molecule has 0 unspecified atom stereocenters. The van der Waals surface area contributed by atoms with Gasteiger partial charge >= 0.3 is 0 Å². The molecule has 6 nitrogen and oxygen atoms in total. The molecular formula is C21H27ClN2O4S. The van der Waals surface area contributed by atoms with E-state index in [1.165, 1.54) is 37.9 Å². The van der Waals surface area contributed by atoms with Crippen LogP contribution in [0.1, 0.15) is 35.2 Å². The van der Waals surface area contributed by atoms with E-state index in [1.54, 1.807) is 0 Å². The van der Waals surface area contributed by atoms with Gasteiger partial charge in [0.05, 0.1) is 29.6 Å². The fourth-order valence-corrected chi connectivity index (χ4v) is 4.57. The van der Waals surface area contributed by atoms with Crippen LogP contribution in [0, 0.1) is 20.8 Å². The fraction of sp³-hybridized carbons (Fsp3) is 0.381. The van der Waals surface area contributed by atoms with Crippen molar-refractivity contribution < 1.29 is 17.9 Å². The second-order valence-corrected chi connectivity index (χ2v) is 9.59. The summed E-state index contributed by atoms with van der Waals surface area (Å²) >= 11 is 6.03. The highest BCUT2D eigenvalue weighted by Gasteiger charge is 2.25. The predicted octanol–water partition coefficient (Wildman–Crippen LogP) is 3.77. The Morgan fingerprint density at radius 1 is 1.14 bits per heavy atom. The van der Waals surface area contributed by atoms with Gasteiger partial charge in [-0.05, 0) is 68.1 Å². The number of nitrogens with one attached hydrogen (secondary N) is 1. The molecule has 0 fully saturated rings. The number of carbonyl (C=O) groups excluding carboxylic acids is 1. The van der Waals surface area contributed by atoms with Crippen molar-refractivity contribution in [2.45, 2.75) is 38.6 Å². The molecule has 1 N–H and O–H groups in total. The minimum absolute atomic E-state index is 0.00310. The van der Waals surface area contributed by atoms with Crippen LogP contribution in [0.25, 0.3) is 0 Å². The lowest BCUT2D eigenvalue weighted by Crippen LogP contribution is -2.39. The van der Waals surface area contributed by atoms with Gasteiger partial charge in [0.1, 0.15) is 5.75 Å². The van der Waals surface area contributed by atoms with Gasteiger partial charge < -0.3 is 10.1 Å². The smallest absolute Gasteiger partial charge is 0.243 e. The number of methoxy groups -OCH3 is 1. The van der Waals surface area contributed by atoms with Crippen LogP contribution in [0.15, 0.2) is 35.2 Å². The first-order valence-corrected chi connectivity index (χ1v) is 11.0. The molecule has 2 aromatic rings. The van der Waals surface area contributed by atoms with Gasteiger partial charge in [-0.1, -0.05) is 23.7 Å². The molecule has 1 amide bonds. The molecule has 0 spiro atoms. The quantitative estimate of drug-likeness (QED) is 0.713. The SMILES string of the molecule is COc1ccc(S(=O)(=O)N(C)CC(=O)N[C@H](C)c2cc(C)c(C)cc2C)cc1Cl.